The number of aromatic nitrogens is 2. The van der Waals surface area contributed by atoms with Crippen LogP contribution in [0.5, 0.6) is 11.5 Å². The molecule has 2 aromatic carbocycles. The molecule has 7 nitrogen and oxygen atoms in total. The van der Waals surface area contributed by atoms with Crippen molar-refractivity contribution in [2.75, 3.05) is 18.5 Å². The Balaban J connectivity index is 1.35. The summed E-state index contributed by atoms with van der Waals surface area (Å²) < 4.78 is 16.3. The average Bonchev–Trinajstić information content (AvgIpc) is 3.15. The van der Waals surface area contributed by atoms with Crippen LogP contribution in [-0.4, -0.2) is 28.5 Å². The van der Waals surface area contributed by atoms with Crippen LogP contribution in [0.1, 0.15) is 5.89 Å². The summed E-state index contributed by atoms with van der Waals surface area (Å²) in [5.74, 6) is 2.25. The molecule has 4 rings (SSSR count). The molecule has 138 valence electrons. The summed E-state index contributed by atoms with van der Waals surface area (Å²) in [4.78, 5) is 4.33. The topological polar surface area (TPSA) is 81.4 Å². The molecule has 0 unspecified atom stereocenters. The molecule has 1 aliphatic heterocycles. The Morgan fingerprint density at radius 3 is 2.78 bits per heavy atom. The van der Waals surface area contributed by atoms with Crippen LogP contribution >= 0.6 is 23.8 Å². The average molecular weight is 403 g/mol. The van der Waals surface area contributed by atoms with E-state index < -0.39 is 0 Å². The van der Waals surface area contributed by atoms with E-state index in [0.717, 1.165) is 11.4 Å². The smallest absolute Gasteiger partial charge is 0.246 e. The van der Waals surface area contributed by atoms with Gasteiger partial charge in [-0.05, 0) is 36.5 Å². The maximum absolute atomic E-state index is 6.15. The summed E-state index contributed by atoms with van der Waals surface area (Å²) >= 11 is 11.5. The fourth-order valence-corrected chi connectivity index (χ4v) is 2.94. The van der Waals surface area contributed by atoms with Crippen LogP contribution in [-0.2, 0) is 6.54 Å². The van der Waals surface area contributed by atoms with Gasteiger partial charge in [-0.3, -0.25) is 0 Å². The van der Waals surface area contributed by atoms with Crippen molar-refractivity contribution in [3.05, 3.63) is 53.4 Å². The number of rotatable bonds is 4. The number of ether oxygens (including phenoxy) is 2. The molecule has 0 atom stereocenters. The first-order valence-electron chi connectivity index (χ1n) is 8.21. The van der Waals surface area contributed by atoms with E-state index in [2.05, 4.69) is 20.8 Å². The molecule has 27 heavy (non-hydrogen) atoms. The highest BCUT2D eigenvalue weighted by Crippen LogP contribution is 2.32. The number of nitrogens with zero attached hydrogens (tertiary/aromatic N) is 2. The van der Waals surface area contributed by atoms with Crippen molar-refractivity contribution < 1.29 is 14.0 Å². The van der Waals surface area contributed by atoms with Crippen LogP contribution in [0.3, 0.4) is 0 Å². The van der Waals surface area contributed by atoms with E-state index in [4.69, 9.17) is 37.8 Å². The molecule has 0 saturated heterocycles. The molecule has 0 spiro atoms. The summed E-state index contributed by atoms with van der Waals surface area (Å²) in [5, 5.41) is 11.0. The van der Waals surface area contributed by atoms with Gasteiger partial charge < -0.3 is 24.6 Å². The molecule has 1 aliphatic rings. The molecule has 9 heteroatoms. The summed E-state index contributed by atoms with van der Waals surface area (Å²) in [6, 6.07) is 12.9. The molecule has 0 bridgehead atoms. The van der Waals surface area contributed by atoms with Crippen LogP contribution in [0.25, 0.3) is 11.4 Å². The SMILES string of the molecule is S=C(NCc1nc(-c2ccccc2Cl)no1)Nc1ccc2c(c1)OCCO2. The Bertz CT molecular complexity index is 979. The second kappa shape index (κ2) is 7.81. The first-order valence-corrected chi connectivity index (χ1v) is 8.99. The monoisotopic (exact) mass is 402 g/mol. The van der Waals surface area contributed by atoms with Gasteiger partial charge in [-0.15, -0.1) is 0 Å². The summed E-state index contributed by atoms with van der Waals surface area (Å²) in [6.45, 7) is 1.37. The van der Waals surface area contributed by atoms with Crippen LogP contribution in [0, 0.1) is 0 Å². The normalized spacial score (nSPS) is 12.5. The molecule has 0 fully saturated rings. The number of benzene rings is 2. The molecule has 3 aromatic rings. The lowest BCUT2D eigenvalue weighted by atomic mass is 10.2. The van der Waals surface area contributed by atoms with Gasteiger partial charge in [-0.1, -0.05) is 28.9 Å². The zero-order chi connectivity index (χ0) is 18.6. The molecule has 0 saturated carbocycles. The van der Waals surface area contributed by atoms with Gasteiger partial charge in [0.15, 0.2) is 16.6 Å². The zero-order valence-electron chi connectivity index (χ0n) is 14.1. The minimum atomic E-state index is 0.286. The summed E-state index contributed by atoms with van der Waals surface area (Å²) in [5.41, 5.74) is 1.50. The Morgan fingerprint density at radius 1 is 1.11 bits per heavy atom. The van der Waals surface area contributed by atoms with Crippen molar-refractivity contribution in [1.29, 1.82) is 0 Å². The van der Waals surface area contributed by atoms with Gasteiger partial charge in [0.25, 0.3) is 0 Å². The molecule has 2 N–H and O–H groups in total. The number of anilines is 1. The molecule has 0 amide bonds. The number of hydrogen-bond acceptors (Lipinski definition) is 6. The van der Waals surface area contributed by atoms with Crippen molar-refractivity contribution in [2.24, 2.45) is 0 Å². The maximum Gasteiger partial charge on any atom is 0.246 e. The predicted molar refractivity (Wildman–Crippen MR) is 105 cm³/mol. The van der Waals surface area contributed by atoms with Crippen molar-refractivity contribution >= 4 is 34.6 Å². The van der Waals surface area contributed by atoms with E-state index >= 15 is 0 Å². The van der Waals surface area contributed by atoms with E-state index in [0.29, 0.717) is 46.4 Å². The Labute approximate surface area is 165 Å². The van der Waals surface area contributed by atoms with E-state index in [1.54, 1.807) is 6.07 Å². The highest BCUT2D eigenvalue weighted by Gasteiger charge is 2.13. The Hall–Kier alpha value is -2.84. The van der Waals surface area contributed by atoms with Crippen molar-refractivity contribution in [2.45, 2.75) is 6.54 Å². The molecule has 0 aliphatic carbocycles. The summed E-state index contributed by atoms with van der Waals surface area (Å²) in [6.07, 6.45) is 0. The number of halogens is 1. The Morgan fingerprint density at radius 2 is 1.93 bits per heavy atom. The van der Waals surface area contributed by atoms with Gasteiger partial charge in [0.05, 0.1) is 11.6 Å². The van der Waals surface area contributed by atoms with E-state index in [1.807, 2.05) is 36.4 Å². The van der Waals surface area contributed by atoms with Crippen LogP contribution < -0.4 is 20.1 Å². The first-order chi connectivity index (χ1) is 13.2. The van der Waals surface area contributed by atoms with Gasteiger partial charge in [-0.2, -0.15) is 4.98 Å². The van der Waals surface area contributed by atoms with Crippen molar-refractivity contribution in [1.82, 2.24) is 15.5 Å². The second-order valence-electron chi connectivity index (χ2n) is 5.66. The minimum Gasteiger partial charge on any atom is -0.486 e. The zero-order valence-corrected chi connectivity index (χ0v) is 15.6. The molecular formula is C18H15ClN4O3S. The van der Waals surface area contributed by atoms with Crippen molar-refractivity contribution in [3.63, 3.8) is 0 Å². The summed E-state index contributed by atoms with van der Waals surface area (Å²) in [7, 11) is 0. The third-order valence-corrected chi connectivity index (χ3v) is 4.36. The molecular weight excluding hydrogens is 388 g/mol. The molecule has 1 aromatic heterocycles. The van der Waals surface area contributed by atoms with Gasteiger partial charge >= 0.3 is 0 Å². The lowest BCUT2D eigenvalue weighted by Crippen LogP contribution is -2.28. The second-order valence-corrected chi connectivity index (χ2v) is 6.47. The van der Waals surface area contributed by atoms with Gasteiger partial charge in [0.1, 0.15) is 13.2 Å². The van der Waals surface area contributed by atoms with Crippen LogP contribution in [0.15, 0.2) is 47.0 Å². The Kier molecular flexibility index (Phi) is 5.08. The highest BCUT2D eigenvalue weighted by molar-refractivity contribution is 7.80. The fraction of sp³-hybridized carbons (Fsp3) is 0.167. The van der Waals surface area contributed by atoms with Crippen LogP contribution in [0.4, 0.5) is 5.69 Å². The quantitative estimate of drug-likeness (QED) is 0.640. The van der Waals surface area contributed by atoms with E-state index in [1.165, 1.54) is 0 Å². The number of nitrogens with one attached hydrogen (secondary N) is 2. The van der Waals surface area contributed by atoms with E-state index in [-0.39, 0.29) is 6.54 Å². The fourth-order valence-electron chi connectivity index (χ4n) is 2.53. The lowest BCUT2D eigenvalue weighted by molar-refractivity contribution is 0.171. The molecule has 0 radical (unpaired) electrons. The maximum atomic E-state index is 6.15. The van der Waals surface area contributed by atoms with Gasteiger partial charge in [0, 0.05) is 17.3 Å². The number of fused-ring (bicyclic) bond motifs is 1. The minimum absolute atomic E-state index is 0.286. The third kappa shape index (κ3) is 4.12. The largest absolute Gasteiger partial charge is 0.486 e. The van der Waals surface area contributed by atoms with Gasteiger partial charge in [-0.25, -0.2) is 0 Å². The van der Waals surface area contributed by atoms with Crippen LogP contribution in [0.2, 0.25) is 5.02 Å². The van der Waals surface area contributed by atoms with E-state index in [9.17, 15) is 0 Å². The third-order valence-electron chi connectivity index (χ3n) is 3.78. The lowest BCUT2D eigenvalue weighted by Gasteiger charge is -2.19. The first kappa shape index (κ1) is 17.6. The van der Waals surface area contributed by atoms with Crippen molar-refractivity contribution in [3.8, 4) is 22.9 Å². The highest BCUT2D eigenvalue weighted by atomic mass is 35.5. The molecule has 2 heterocycles. The number of hydrogen-bond donors (Lipinski definition) is 2. The standard InChI is InChI=1S/C18H15ClN4O3S/c19-13-4-2-1-3-12(13)17-22-16(26-23-17)10-20-18(27)21-11-5-6-14-15(9-11)25-8-7-24-14/h1-6,9H,7-8,10H2,(H2,20,21,27). The number of thiocarbonyl (C=S) groups is 1. The van der Waals surface area contributed by atoms with Gasteiger partial charge in [0.2, 0.25) is 11.7 Å². The predicted octanol–water partition coefficient (Wildman–Crippen LogP) is 3.65.